The molecule has 200 valence electrons. The molecule has 11 atom stereocenters. The van der Waals surface area contributed by atoms with E-state index >= 15 is 0 Å². The Kier molecular flexibility index (Phi) is 8.49. The first-order chi connectivity index (χ1) is 16.7. The molecule has 1 aromatic rings. The van der Waals surface area contributed by atoms with Gasteiger partial charge in [0.2, 0.25) is 0 Å². The maximum Gasteiger partial charge on any atom is 0.438 e. The number of aromatic amines is 1. The van der Waals surface area contributed by atoms with Gasteiger partial charge in [-0.05, 0) is 105 Å². The maximum atomic E-state index is 11.8. The van der Waals surface area contributed by atoms with E-state index in [0.717, 1.165) is 57.8 Å². The Bertz CT molecular complexity index is 870. The molecule has 0 aromatic carbocycles. The molecule has 0 saturated heterocycles. The number of hydrogen-bond acceptors (Lipinski definition) is 6. The summed E-state index contributed by atoms with van der Waals surface area (Å²) in [7, 11) is 0. The zero-order chi connectivity index (χ0) is 25.3. The van der Waals surface area contributed by atoms with E-state index < -0.39 is 5.76 Å². The Labute approximate surface area is 210 Å². The van der Waals surface area contributed by atoms with Gasteiger partial charge in [-0.1, -0.05) is 39.3 Å². The highest BCUT2D eigenvalue weighted by atomic mass is 16.5. The third-order valence-electron chi connectivity index (χ3n) is 10.7. The molecule has 3 saturated carbocycles. The molecule has 3 aliphatic rings. The second-order valence-corrected chi connectivity index (χ2v) is 12.5. The molecule has 7 heteroatoms. The van der Waals surface area contributed by atoms with Crippen LogP contribution in [0.1, 0.15) is 97.7 Å². The van der Waals surface area contributed by atoms with Crippen LogP contribution in [0.3, 0.4) is 0 Å². The molecule has 0 amide bonds. The fourth-order valence-electron chi connectivity index (χ4n) is 8.58. The lowest BCUT2D eigenvalue weighted by atomic mass is 9.45. The Morgan fingerprint density at radius 2 is 1.97 bits per heavy atom. The van der Waals surface area contributed by atoms with Crippen LogP contribution in [0.2, 0.25) is 0 Å². The van der Waals surface area contributed by atoms with Crippen LogP contribution in [0, 0.1) is 46.8 Å². The van der Waals surface area contributed by atoms with Crippen molar-refractivity contribution in [2.24, 2.45) is 46.8 Å². The fraction of sp³-hybridized carbons (Fsp3) is 0.929. The minimum absolute atomic E-state index is 0.0580. The van der Waals surface area contributed by atoms with E-state index in [4.69, 9.17) is 0 Å². The van der Waals surface area contributed by atoms with E-state index in [0.29, 0.717) is 35.9 Å². The predicted octanol–water partition coefficient (Wildman–Crippen LogP) is 4.31. The third-order valence-corrected chi connectivity index (χ3v) is 10.7. The number of rotatable bonds is 9. The quantitative estimate of drug-likeness (QED) is 0.408. The van der Waals surface area contributed by atoms with E-state index in [2.05, 4.69) is 35.4 Å². The van der Waals surface area contributed by atoms with Gasteiger partial charge >= 0.3 is 5.76 Å². The summed E-state index contributed by atoms with van der Waals surface area (Å²) in [4.78, 5) is 13.9. The van der Waals surface area contributed by atoms with Gasteiger partial charge in [0, 0.05) is 6.42 Å². The molecule has 0 radical (unpaired) electrons. The minimum Gasteiger partial charge on any atom is -0.393 e. The maximum absolute atomic E-state index is 11.8. The zero-order valence-electron chi connectivity index (χ0n) is 22.2. The largest absolute Gasteiger partial charge is 0.438 e. The number of aliphatic hydroxyl groups is 3. The molecule has 4 rings (SSSR count). The van der Waals surface area contributed by atoms with E-state index in [9.17, 15) is 20.1 Å². The van der Waals surface area contributed by atoms with Gasteiger partial charge in [0.1, 0.15) is 0 Å². The first-order valence-corrected chi connectivity index (χ1v) is 14.3. The molecule has 4 N–H and O–H groups in total. The molecule has 1 aromatic heterocycles. The van der Waals surface area contributed by atoms with E-state index in [1.165, 1.54) is 6.42 Å². The van der Waals surface area contributed by atoms with Gasteiger partial charge in [-0.15, -0.1) is 0 Å². The SMILES string of the molecule is CC[C@@H](O)CC1C(C2CC[C@H]([C@H](C)CCc3noc(=O)[nH]3)C2)[C@H](O)[C@H](CC)[C@@H]2C[C@H](O)CC[C@]12C. The Morgan fingerprint density at radius 1 is 1.20 bits per heavy atom. The molecule has 0 bridgehead atoms. The molecule has 0 aliphatic heterocycles. The van der Waals surface area contributed by atoms with Gasteiger partial charge in [0.15, 0.2) is 5.82 Å². The molecule has 35 heavy (non-hydrogen) atoms. The van der Waals surface area contributed by atoms with Gasteiger partial charge in [-0.25, -0.2) is 4.79 Å². The highest BCUT2D eigenvalue weighted by Crippen LogP contribution is 2.62. The fourth-order valence-corrected chi connectivity index (χ4v) is 8.58. The molecule has 0 spiro atoms. The van der Waals surface area contributed by atoms with Crippen molar-refractivity contribution in [3.05, 3.63) is 16.4 Å². The number of nitrogens with one attached hydrogen (secondary N) is 1. The first-order valence-electron chi connectivity index (χ1n) is 14.3. The van der Waals surface area contributed by atoms with Crippen molar-refractivity contribution in [1.29, 1.82) is 0 Å². The monoisotopic (exact) mass is 492 g/mol. The van der Waals surface area contributed by atoms with E-state index in [-0.39, 0.29) is 41.5 Å². The predicted molar refractivity (Wildman–Crippen MR) is 135 cm³/mol. The van der Waals surface area contributed by atoms with Crippen LogP contribution in [0.4, 0.5) is 0 Å². The lowest BCUT2D eigenvalue weighted by Gasteiger charge is -2.61. The van der Waals surface area contributed by atoms with Crippen LogP contribution in [-0.2, 0) is 6.42 Å². The lowest BCUT2D eigenvalue weighted by Crippen LogP contribution is -2.59. The molecule has 1 heterocycles. The van der Waals surface area contributed by atoms with Crippen LogP contribution in [0.5, 0.6) is 0 Å². The highest BCUT2D eigenvalue weighted by molar-refractivity contribution is 5.08. The molecular weight excluding hydrogens is 444 g/mol. The van der Waals surface area contributed by atoms with Crippen molar-refractivity contribution in [2.75, 3.05) is 0 Å². The average molecular weight is 493 g/mol. The van der Waals surface area contributed by atoms with Crippen LogP contribution in [0.15, 0.2) is 9.32 Å². The van der Waals surface area contributed by atoms with Crippen LogP contribution in [-0.4, -0.2) is 43.8 Å². The summed E-state index contributed by atoms with van der Waals surface area (Å²) in [6.45, 7) is 8.95. The average Bonchev–Trinajstić information content (AvgIpc) is 3.48. The highest BCUT2D eigenvalue weighted by Gasteiger charge is 2.59. The summed E-state index contributed by atoms with van der Waals surface area (Å²) >= 11 is 0. The standard InChI is InChI=1S/C28H48N2O5/c1-5-19(31)14-23-25(26(33)21(6-2)22-15-20(32)11-12-28(22,23)4)18-9-8-17(13-18)16(3)7-10-24-29-27(34)35-30-24/h16-23,25-26,31-33H,5-15H2,1-4H3,(H,29,30,34)/t16-,17+,18?,19-,20-,21-,22+,23?,25?,26-,28+/m1/s1. The lowest BCUT2D eigenvalue weighted by molar-refractivity contribution is -0.179. The van der Waals surface area contributed by atoms with Crippen molar-refractivity contribution in [3.63, 3.8) is 0 Å². The number of hydrogen-bond donors (Lipinski definition) is 4. The van der Waals surface area contributed by atoms with Crippen molar-refractivity contribution in [3.8, 4) is 0 Å². The Balaban J connectivity index is 1.52. The number of aliphatic hydroxyl groups excluding tert-OH is 3. The number of aromatic nitrogens is 2. The van der Waals surface area contributed by atoms with Crippen molar-refractivity contribution in [2.45, 2.75) is 117 Å². The summed E-state index contributed by atoms with van der Waals surface area (Å²) in [5.74, 6) is 2.74. The number of H-pyrrole nitrogens is 1. The zero-order valence-corrected chi connectivity index (χ0v) is 22.2. The van der Waals surface area contributed by atoms with Crippen molar-refractivity contribution in [1.82, 2.24) is 10.1 Å². The smallest absolute Gasteiger partial charge is 0.393 e. The molecular formula is C28H48N2O5. The minimum atomic E-state index is -0.493. The Hall–Kier alpha value is -1.18. The van der Waals surface area contributed by atoms with Gasteiger partial charge in [-0.3, -0.25) is 9.51 Å². The van der Waals surface area contributed by atoms with E-state index in [1.54, 1.807) is 0 Å². The van der Waals surface area contributed by atoms with Crippen molar-refractivity contribution < 1.29 is 19.8 Å². The molecule has 7 nitrogen and oxygen atoms in total. The summed E-state index contributed by atoms with van der Waals surface area (Å²) < 4.78 is 4.64. The number of aryl methyl sites for hydroxylation is 1. The number of nitrogens with zero attached hydrogens (tertiary/aromatic N) is 1. The van der Waals surface area contributed by atoms with E-state index in [1.807, 2.05) is 6.92 Å². The summed E-state index contributed by atoms with van der Waals surface area (Å²) in [6.07, 6.45) is 9.18. The first kappa shape index (κ1) is 26.9. The van der Waals surface area contributed by atoms with Crippen LogP contribution >= 0.6 is 0 Å². The number of fused-ring (bicyclic) bond motifs is 1. The van der Waals surface area contributed by atoms with Gasteiger partial charge in [0.25, 0.3) is 0 Å². The summed E-state index contributed by atoms with van der Waals surface area (Å²) in [5, 5.41) is 37.0. The second-order valence-electron chi connectivity index (χ2n) is 12.5. The van der Waals surface area contributed by atoms with Crippen LogP contribution in [0.25, 0.3) is 0 Å². The third kappa shape index (κ3) is 5.42. The summed E-state index contributed by atoms with van der Waals surface area (Å²) in [6, 6.07) is 0. The molecule has 3 aliphatic carbocycles. The van der Waals surface area contributed by atoms with Crippen LogP contribution < -0.4 is 5.76 Å². The summed E-state index contributed by atoms with van der Waals surface area (Å²) in [5.41, 5.74) is 0.0580. The van der Waals surface area contributed by atoms with Gasteiger partial charge < -0.3 is 15.3 Å². The second kappa shape index (κ2) is 11.1. The Morgan fingerprint density at radius 3 is 2.63 bits per heavy atom. The van der Waals surface area contributed by atoms with Crippen molar-refractivity contribution >= 4 is 0 Å². The van der Waals surface area contributed by atoms with Gasteiger partial charge in [0.05, 0.1) is 18.3 Å². The molecule has 3 fully saturated rings. The van der Waals surface area contributed by atoms with Gasteiger partial charge in [-0.2, -0.15) is 0 Å². The normalized spacial score (nSPS) is 41.5. The molecule has 3 unspecified atom stereocenters. The topological polar surface area (TPSA) is 120 Å².